The molecule has 0 saturated carbocycles. The number of quaternary nitrogens is 1. The van der Waals surface area contributed by atoms with Crippen LogP contribution < -0.4 is 10.2 Å². The van der Waals surface area contributed by atoms with Gasteiger partial charge in [-0.25, -0.2) is 0 Å². The molecule has 2 aromatic carbocycles. The van der Waals surface area contributed by atoms with E-state index in [4.69, 9.17) is 5.11 Å². The van der Waals surface area contributed by atoms with Crippen LogP contribution in [0.1, 0.15) is 6.42 Å². The Morgan fingerprint density at radius 1 is 1.00 bits per heavy atom. The summed E-state index contributed by atoms with van der Waals surface area (Å²) < 4.78 is 0. The first-order chi connectivity index (χ1) is 11.3. The number of hydrogen-bond acceptors (Lipinski definition) is 4. The number of β-amino-alcohol motifs (C(OH)–C–C–N with tert-alkyl or cyclic N) is 1. The van der Waals surface area contributed by atoms with Gasteiger partial charge in [-0.3, -0.25) is 0 Å². The van der Waals surface area contributed by atoms with Crippen LogP contribution in [0.4, 0.5) is 11.4 Å². The summed E-state index contributed by atoms with van der Waals surface area (Å²) in [5.74, 6) is 0. The summed E-state index contributed by atoms with van der Waals surface area (Å²) in [6.07, 6.45) is 0.344. The monoisotopic (exact) mass is 331 g/mol. The highest BCUT2D eigenvalue weighted by Gasteiger charge is 2.24. The van der Waals surface area contributed by atoms with Crippen molar-refractivity contribution in [1.82, 2.24) is 0 Å². The van der Waals surface area contributed by atoms with E-state index in [0.29, 0.717) is 13.1 Å². The molecule has 1 heterocycles. The van der Waals surface area contributed by atoms with Crippen LogP contribution >= 0.6 is 11.8 Å². The van der Waals surface area contributed by atoms with E-state index in [0.717, 1.165) is 24.3 Å². The normalized spacial score (nSPS) is 14.3. The van der Waals surface area contributed by atoms with E-state index in [-0.39, 0.29) is 6.61 Å². The minimum absolute atomic E-state index is 0.205. The summed E-state index contributed by atoms with van der Waals surface area (Å²) in [7, 11) is 0. The van der Waals surface area contributed by atoms with Gasteiger partial charge in [0.25, 0.3) is 0 Å². The first-order valence-electron chi connectivity index (χ1n) is 8.03. The molecule has 4 N–H and O–H groups in total. The lowest BCUT2D eigenvalue weighted by molar-refractivity contribution is -0.661. The predicted molar refractivity (Wildman–Crippen MR) is 93.4 cm³/mol. The topological polar surface area (TPSA) is 60.3 Å². The van der Waals surface area contributed by atoms with Gasteiger partial charge < -0.3 is 20.4 Å². The number of aliphatic hydroxyl groups excluding tert-OH is 2. The van der Waals surface area contributed by atoms with Crippen molar-refractivity contribution in [1.29, 1.82) is 0 Å². The molecule has 0 spiro atoms. The number of para-hydroxylation sites is 2. The molecule has 0 radical (unpaired) electrons. The summed E-state index contributed by atoms with van der Waals surface area (Å²) in [5.41, 5.74) is 2.32. The summed E-state index contributed by atoms with van der Waals surface area (Å²) in [5, 5.41) is 21.3. The molecule has 0 aliphatic carbocycles. The maximum absolute atomic E-state index is 10.4. The summed E-state index contributed by atoms with van der Waals surface area (Å²) in [6, 6.07) is 16.7. The standard InChI is InChI=1S/C18H22N2O2S/c21-11-5-10-19-12-14(22)13-20-15-6-1-3-8-17(15)23-18-9-4-2-7-16(18)20/h1-4,6-9,14,19,21-22H,5,10-13H2/p+1/t14-/m1/s1. The van der Waals surface area contributed by atoms with Crippen LogP contribution in [0.25, 0.3) is 0 Å². The van der Waals surface area contributed by atoms with Gasteiger partial charge in [0.1, 0.15) is 12.6 Å². The van der Waals surface area contributed by atoms with E-state index >= 15 is 0 Å². The van der Waals surface area contributed by atoms with Crippen LogP contribution in [0.3, 0.4) is 0 Å². The summed E-state index contributed by atoms with van der Waals surface area (Å²) in [4.78, 5) is 4.66. The average molecular weight is 331 g/mol. The molecule has 1 aliphatic heterocycles. The lowest BCUT2D eigenvalue weighted by atomic mass is 10.2. The van der Waals surface area contributed by atoms with Crippen LogP contribution in [0.15, 0.2) is 58.3 Å². The SMILES string of the molecule is OCCC[NH2+]C[C@@H](O)CN1c2ccccc2Sc2ccccc21. The Balaban J connectivity index is 1.76. The van der Waals surface area contributed by atoms with E-state index < -0.39 is 6.10 Å². The van der Waals surface area contributed by atoms with Crippen LogP contribution in [0.2, 0.25) is 0 Å². The average Bonchev–Trinajstić information content (AvgIpc) is 2.58. The smallest absolute Gasteiger partial charge is 0.121 e. The van der Waals surface area contributed by atoms with E-state index in [1.54, 1.807) is 11.8 Å². The fraction of sp³-hybridized carbons (Fsp3) is 0.333. The molecule has 0 aromatic heterocycles. The molecule has 0 bridgehead atoms. The number of aliphatic hydroxyl groups is 2. The molecule has 0 saturated heterocycles. The molecule has 0 amide bonds. The van der Waals surface area contributed by atoms with Crippen LogP contribution in [0.5, 0.6) is 0 Å². The van der Waals surface area contributed by atoms with Gasteiger partial charge in [-0.1, -0.05) is 36.0 Å². The molecule has 2 aromatic rings. The van der Waals surface area contributed by atoms with Crippen LogP contribution in [-0.4, -0.2) is 42.6 Å². The third-order valence-corrected chi connectivity index (χ3v) is 5.06. The Hall–Kier alpha value is -1.53. The minimum Gasteiger partial charge on any atom is -0.396 e. The molecule has 3 rings (SSSR count). The van der Waals surface area contributed by atoms with Crippen molar-refractivity contribution >= 4 is 23.1 Å². The van der Waals surface area contributed by atoms with Crippen molar-refractivity contribution in [3.63, 3.8) is 0 Å². The first-order valence-corrected chi connectivity index (χ1v) is 8.85. The Morgan fingerprint density at radius 3 is 2.22 bits per heavy atom. The maximum Gasteiger partial charge on any atom is 0.121 e. The van der Waals surface area contributed by atoms with Crippen molar-refractivity contribution in [2.75, 3.05) is 31.1 Å². The van der Waals surface area contributed by atoms with Gasteiger partial charge in [-0.05, 0) is 24.3 Å². The number of hydrogen-bond donors (Lipinski definition) is 3. The number of anilines is 2. The van der Waals surface area contributed by atoms with E-state index in [1.807, 2.05) is 12.1 Å². The molecule has 0 unspecified atom stereocenters. The quantitative estimate of drug-likeness (QED) is 0.675. The molecule has 1 aliphatic rings. The van der Waals surface area contributed by atoms with E-state index in [1.165, 1.54) is 9.79 Å². The molecule has 4 nitrogen and oxygen atoms in total. The van der Waals surface area contributed by atoms with Crippen molar-refractivity contribution < 1.29 is 15.5 Å². The largest absolute Gasteiger partial charge is 0.396 e. The lowest BCUT2D eigenvalue weighted by Gasteiger charge is -2.33. The zero-order valence-electron chi connectivity index (χ0n) is 13.1. The number of nitrogens with two attached hydrogens (primary N) is 1. The fourth-order valence-electron chi connectivity index (χ4n) is 2.81. The van der Waals surface area contributed by atoms with Gasteiger partial charge in [0.05, 0.1) is 24.5 Å². The molecule has 122 valence electrons. The van der Waals surface area contributed by atoms with Crippen molar-refractivity contribution in [2.45, 2.75) is 22.3 Å². The molecule has 23 heavy (non-hydrogen) atoms. The third-order valence-electron chi connectivity index (χ3n) is 3.93. The highest BCUT2D eigenvalue weighted by atomic mass is 32.2. The Bertz CT molecular complexity index is 605. The number of rotatable bonds is 7. The van der Waals surface area contributed by atoms with Gasteiger partial charge in [-0.15, -0.1) is 0 Å². The third kappa shape index (κ3) is 3.87. The molecule has 5 heteroatoms. The van der Waals surface area contributed by atoms with Gasteiger partial charge in [0, 0.05) is 22.8 Å². The Labute approximate surface area is 141 Å². The maximum atomic E-state index is 10.4. The van der Waals surface area contributed by atoms with E-state index in [9.17, 15) is 5.11 Å². The Morgan fingerprint density at radius 2 is 1.61 bits per heavy atom. The van der Waals surface area contributed by atoms with Gasteiger partial charge in [-0.2, -0.15) is 0 Å². The number of fused-ring (bicyclic) bond motifs is 2. The molecular formula is C18H23N2O2S+. The van der Waals surface area contributed by atoms with Gasteiger partial charge in [0.15, 0.2) is 0 Å². The lowest BCUT2D eigenvalue weighted by Crippen LogP contribution is -2.86. The molecular weight excluding hydrogens is 308 g/mol. The second kappa shape index (κ2) is 7.84. The summed E-state index contributed by atoms with van der Waals surface area (Å²) >= 11 is 1.78. The predicted octanol–water partition coefficient (Wildman–Crippen LogP) is 1.60. The second-order valence-corrected chi connectivity index (χ2v) is 6.78. The second-order valence-electron chi connectivity index (χ2n) is 5.69. The minimum atomic E-state index is -0.419. The molecule has 0 fully saturated rings. The van der Waals surface area contributed by atoms with Crippen LogP contribution in [-0.2, 0) is 0 Å². The van der Waals surface area contributed by atoms with Crippen molar-refractivity contribution in [2.24, 2.45) is 0 Å². The Kier molecular flexibility index (Phi) is 5.56. The number of nitrogens with zero attached hydrogens (tertiary/aromatic N) is 1. The molecule has 1 atom stereocenters. The highest BCUT2D eigenvalue weighted by Crippen LogP contribution is 2.47. The summed E-state index contributed by atoms with van der Waals surface area (Å²) in [6.45, 7) is 2.27. The van der Waals surface area contributed by atoms with Crippen molar-refractivity contribution in [3.8, 4) is 0 Å². The zero-order valence-corrected chi connectivity index (χ0v) is 13.9. The highest BCUT2D eigenvalue weighted by molar-refractivity contribution is 7.99. The van der Waals surface area contributed by atoms with Gasteiger partial charge in [0.2, 0.25) is 0 Å². The first kappa shape index (κ1) is 16.3. The zero-order chi connectivity index (χ0) is 16.1. The van der Waals surface area contributed by atoms with Crippen LogP contribution in [0, 0.1) is 0 Å². The van der Waals surface area contributed by atoms with E-state index in [2.05, 4.69) is 46.6 Å². The fourth-order valence-corrected chi connectivity index (χ4v) is 3.90. The number of benzene rings is 2. The van der Waals surface area contributed by atoms with Crippen molar-refractivity contribution in [3.05, 3.63) is 48.5 Å². The van der Waals surface area contributed by atoms with Gasteiger partial charge >= 0.3 is 0 Å².